The molecule has 2 aliphatic heterocycles. The van der Waals surface area contributed by atoms with E-state index in [4.69, 9.17) is 33.9 Å². The van der Waals surface area contributed by atoms with Crippen molar-refractivity contribution in [1.82, 2.24) is 39.7 Å². The van der Waals surface area contributed by atoms with Crippen LogP contribution in [0.25, 0.3) is 46.0 Å². The van der Waals surface area contributed by atoms with Crippen LogP contribution >= 0.6 is 0 Å². The maximum Gasteiger partial charge on any atom is 0.165 e. The number of hydrogen-bond acceptors (Lipinski definition) is 13. The molecular formula is C46H48N10O4. The van der Waals surface area contributed by atoms with E-state index >= 15 is 0 Å². The highest BCUT2D eigenvalue weighted by Crippen LogP contribution is 2.34. The normalized spacial score (nSPS) is 14.8. The molecule has 0 saturated carbocycles. The van der Waals surface area contributed by atoms with Crippen LogP contribution in [0, 0.1) is 0 Å². The first-order valence-corrected chi connectivity index (χ1v) is 19.7. The highest BCUT2D eigenvalue weighted by molar-refractivity contribution is 5.88. The molecule has 0 radical (unpaired) electrons. The minimum absolute atomic E-state index is 0.113. The van der Waals surface area contributed by atoms with Gasteiger partial charge in [-0.25, -0.2) is 19.9 Å². The lowest BCUT2D eigenvalue weighted by molar-refractivity contribution is 0.0959. The maximum absolute atomic E-state index is 6.12. The molecule has 2 atom stereocenters. The summed E-state index contributed by atoms with van der Waals surface area (Å²) in [5.41, 5.74) is 4.02. The number of aromatic nitrogens is 8. The monoisotopic (exact) mass is 804 g/mol. The number of benzene rings is 2. The molecule has 7 aromatic rings. The van der Waals surface area contributed by atoms with E-state index in [1.165, 1.54) is 0 Å². The number of hydrogen-bond donors (Lipinski definition) is 0. The van der Waals surface area contributed by atoms with Gasteiger partial charge in [0.05, 0.1) is 30.4 Å². The van der Waals surface area contributed by atoms with Gasteiger partial charge in [-0.2, -0.15) is 5.10 Å². The third-order valence-corrected chi connectivity index (χ3v) is 9.58. The Labute approximate surface area is 349 Å². The number of fused-ring (bicyclic) bond motifs is 3. The van der Waals surface area contributed by atoms with Crippen molar-refractivity contribution >= 4 is 34.8 Å². The Morgan fingerprint density at radius 3 is 1.68 bits per heavy atom. The number of anilines is 2. The predicted octanol–water partition coefficient (Wildman–Crippen LogP) is 7.83. The molecule has 14 nitrogen and oxygen atoms in total. The van der Waals surface area contributed by atoms with Crippen molar-refractivity contribution < 1.29 is 18.9 Å². The molecule has 0 amide bonds. The van der Waals surface area contributed by atoms with E-state index in [9.17, 15) is 0 Å². The second-order valence-corrected chi connectivity index (χ2v) is 13.7. The summed E-state index contributed by atoms with van der Waals surface area (Å²) in [6.07, 6.45) is 12.0. The van der Waals surface area contributed by atoms with Gasteiger partial charge in [-0.15, -0.1) is 0 Å². The molecule has 0 bridgehead atoms. The molecule has 0 spiro atoms. The van der Waals surface area contributed by atoms with Gasteiger partial charge in [-0.3, -0.25) is 14.6 Å². The first kappa shape index (κ1) is 40.8. The van der Waals surface area contributed by atoms with Crippen LogP contribution in [-0.4, -0.2) is 92.3 Å². The fourth-order valence-electron chi connectivity index (χ4n) is 6.75. The highest BCUT2D eigenvalue weighted by atomic mass is 16.6. The summed E-state index contributed by atoms with van der Waals surface area (Å²) >= 11 is 0. The van der Waals surface area contributed by atoms with E-state index in [0.717, 1.165) is 68.1 Å². The van der Waals surface area contributed by atoms with Crippen molar-refractivity contribution in [3.05, 3.63) is 128 Å². The molecule has 2 aromatic carbocycles. The van der Waals surface area contributed by atoms with Gasteiger partial charge in [0, 0.05) is 62.6 Å². The lowest BCUT2D eigenvalue weighted by Crippen LogP contribution is -2.40. The quantitative estimate of drug-likeness (QED) is 0.133. The highest BCUT2D eigenvalue weighted by Gasteiger charge is 2.26. The molecule has 9 rings (SSSR count). The molecule has 306 valence electrons. The molecule has 14 heteroatoms. The Kier molecular flexibility index (Phi) is 12.9. The number of nitrogens with zero attached hydrogens (tertiary/aromatic N) is 10. The third kappa shape index (κ3) is 9.02. The molecule has 7 heterocycles. The van der Waals surface area contributed by atoms with Crippen LogP contribution in [0.3, 0.4) is 0 Å². The number of pyridine rings is 2. The second-order valence-electron chi connectivity index (χ2n) is 13.7. The van der Waals surface area contributed by atoms with E-state index < -0.39 is 0 Å². The van der Waals surface area contributed by atoms with Gasteiger partial charge in [0.2, 0.25) is 0 Å². The SMILES string of the molecule is C=Cc1nc(-c2cccnc2)nc(N(C)C[C@H]2COc3ccccc3O2)c1C=C.CC.CN(C[C@H]1COc2ccccc2O1)c1nc(-c2cccnc2)nc2c1cnn2C. The molecule has 0 fully saturated rings. The molecule has 0 aliphatic carbocycles. The molecular weight excluding hydrogens is 757 g/mol. The Morgan fingerprint density at radius 1 is 0.650 bits per heavy atom. The average Bonchev–Trinajstić information content (AvgIpc) is 3.69. The van der Waals surface area contributed by atoms with E-state index in [0.29, 0.717) is 38.0 Å². The van der Waals surface area contributed by atoms with E-state index in [-0.39, 0.29) is 12.2 Å². The first-order chi connectivity index (χ1) is 29.4. The minimum Gasteiger partial charge on any atom is -0.486 e. The van der Waals surface area contributed by atoms with Crippen LogP contribution in [0.5, 0.6) is 23.0 Å². The van der Waals surface area contributed by atoms with Crippen molar-refractivity contribution in [1.29, 1.82) is 0 Å². The number of aryl methyl sites for hydroxylation is 1. The zero-order valence-corrected chi connectivity index (χ0v) is 34.5. The summed E-state index contributed by atoms with van der Waals surface area (Å²) in [5, 5.41) is 5.25. The summed E-state index contributed by atoms with van der Waals surface area (Å²) in [4.78, 5) is 31.4. The number of para-hydroxylation sites is 4. The number of rotatable bonds is 10. The maximum atomic E-state index is 6.12. The number of ether oxygens (including phenoxy) is 4. The Balaban J connectivity index is 0.000000174. The van der Waals surface area contributed by atoms with Crippen molar-refractivity contribution in [3.8, 4) is 45.8 Å². The molecule has 2 aliphatic rings. The Bertz CT molecular complexity index is 2550. The molecule has 0 unspecified atom stereocenters. The van der Waals surface area contributed by atoms with Crippen LogP contribution in [0.4, 0.5) is 11.6 Å². The summed E-state index contributed by atoms with van der Waals surface area (Å²) in [6, 6.07) is 23.0. The van der Waals surface area contributed by atoms with Gasteiger partial charge < -0.3 is 28.7 Å². The standard InChI is InChI=1S/C23H22N4O2.C21H20N6O2.C2H6/c1-4-18-19(5-2)25-22(16-9-8-12-24-13-16)26-23(18)27(3)14-17-15-28-20-10-6-7-11-21(20)29-17;1-26(12-15-13-28-17-7-3-4-8-18(17)29-15)20-16-11-23-27(2)21(16)25-19(24-20)14-6-5-9-22-10-14;1-2/h4-13,17H,1-2,14-15H2,3H3;3-11,15H,12-13H2,1-2H3;1-2H3/t17-;15-;/m00./s1. The largest absolute Gasteiger partial charge is 0.486 e. The third-order valence-electron chi connectivity index (χ3n) is 9.58. The van der Waals surface area contributed by atoms with Crippen molar-refractivity contribution in [2.24, 2.45) is 7.05 Å². The molecule has 0 N–H and O–H groups in total. The van der Waals surface area contributed by atoms with Crippen LogP contribution in [0.1, 0.15) is 25.1 Å². The Hall–Kier alpha value is -7.35. The van der Waals surface area contributed by atoms with Gasteiger partial charge in [0.25, 0.3) is 0 Å². The van der Waals surface area contributed by atoms with Gasteiger partial charge in [0.15, 0.2) is 52.5 Å². The predicted molar refractivity (Wildman–Crippen MR) is 236 cm³/mol. The average molecular weight is 805 g/mol. The zero-order chi connectivity index (χ0) is 42.0. The lowest BCUT2D eigenvalue weighted by atomic mass is 10.1. The minimum atomic E-state index is -0.128. The number of likely N-dealkylation sites (N-methyl/N-ethyl adjacent to an activating group) is 2. The van der Waals surface area contributed by atoms with Gasteiger partial charge in [-0.05, 0) is 54.6 Å². The van der Waals surface area contributed by atoms with E-state index in [2.05, 4.69) is 38.1 Å². The van der Waals surface area contributed by atoms with Crippen LogP contribution in [-0.2, 0) is 7.05 Å². The van der Waals surface area contributed by atoms with Gasteiger partial charge in [-0.1, -0.05) is 57.3 Å². The van der Waals surface area contributed by atoms with Gasteiger partial charge >= 0.3 is 0 Å². The van der Waals surface area contributed by atoms with Crippen molar-refractivity contribution in [2.45, 2.75) is 26.1 Å². The summed E-state index contributed by atoms with van der Waals surface area (Å²) in [6.45, 7) is 14.0. The summed E-state index contributed by atoms with van der Waals surface area (Å²) < 4.78 is 25.7. The van der Waals surface area contributed by atoms with Crippen molar-refractivity contribution in [2.75, 3.05) is 50.2 Å². The van der Waals surface area contributed by atoms with Crippen LogP contribution in [0.2, 0.25) is 0 Å². The Morgan fingerprint density at radius 2 is 1.17 bits per heavy atom. The van der Waals surface area contributed by atoms with Crippen LogP contribution in [0.15, 0.2) is 117 Å². The topological polar surface area (TPSA) is 139 Å². The first-order valence-electron chi connectivity index (χ1n) is 19.7. The smallest absolute Gasteiger partial charge is 0.165 e. The summed E-state index contributed by atoms with van der Waals surface area (Å²) in [5.74, 6) is 5.83. The molecule has 5 aromatic heterocycles. The van der Waals surface area contributed by atoms with E-state index in [1.807, 2.05) is 113 Å². The zero-order valence-electron chi connectivity index (χ0n) is 34.5. The lowest BCUT2D eigenvalue weighted by Gasteiger charge is -2.30. The van der Waals surface area contributed by atoms with Gasteiger partial charge in [0.1, 0.15) is 24.8 Å². The second kappa shape index (κ2) is 18.9. The molecule has 60 heavy (non-hydrogen) atoms. The fourth-order valence-corrected chi connectivity index (χ4v) is 6.75. The fraction of sp³-hybridized carbons (Fsp3) is 0.239. The van der Waals surface area contributed by atoms with Crippen molar-refractivity contribution in [3.63, 3.8) is 0 Å². The molecule has 0 saturated heterocycles. The summed E-state index contributed by atoms with van der Waals surface area (Å²) in [7, 11) is 5.84. The van der Waals surface area contributed by atoms with Crippen LogP contribution < -0.4 is 28.7 Å². The van der Waals surface area contributed by atoms with E-state index in [1.54, 1.807) is 47.8 Å².